The van der Waals surface area contributed by atoms with Gasteiger partial charge >= 0.3 is 0 Å². The van der Waals surface area contributed by atoms with E-state index in [0.717, 1.165) is 35.6 Å². The topological polar surface area (TPSA) is 42.7 Å². The monoisotopic (exact) mass is 296 g/mol. The van der Waals surface area contributed by atoms with Gasteiger partial charge in [0.05, 0.1) is 0 Å². The molecular weight excluding hydrogens is 279 g/mol. The fourth-order valence-electron chi connectivity index (χ4n) is 3.11. The molecule has 1 fully saturated rings. The lowest BCUT2D eigenvalue weighted by Crippen LogP contribution is -2.25. The Bertz CT molecular complexity index is 788. The number of hydrogen-bond donors (Lipinski definition) is 1. The highest BCUT2D eigenvalue weighted by Gasteiger charge is 2.20. The molecule has 0 amide bonds. The summed E-state index contributed by atoms with van der Waals surface area (Å²) in [6.45, 7) is 1.07. The van der Waals surface area contributed by atoms with Crippen LogP contribution in [0.1, 0.15) is 18.7 Å². The summed E-state index contributed by atoms with van der Waals surface area (Å²) in [5.74, 6) is 0.736. The Morgan fingerprint density at radius 1 is 1.23 bits per heavy atom. The molecule has 1 N–H and O–H groups in total. The Labute approximate surface area is 128 Å². The molecule has 22 heavy (non-hydrogen) atoms. The molecule has 1 unspecified atom stereocenters. The van der Waals surface area contributed by atoms with Crippen molar-refractivity contribution >= 4 is 11.2 Å². The van der Waals surface area contributed by atoms with Crippen molar-refractivity contribution in [3.8, 4) is 5.69 Å². The lowest BCUT2D eigenvalue weighted by molar-refractivity contribution is 0.582. The van der Waals surface area contributed by atoms with E-state index in [9.17, 15) is 4.39 Å². The number of pyridine rings is 1. The van der Waals surface area contributed by atoms with Gasteiger partial charge in [0.15, 0.2) is 5.65 Å². The van der Waals surface area contributed by atoms with E-state index in [1.165, 1.54) is 25.0 Å². The molecule has 112 valence electrons. The van der Waals surface area contributed by atoms with Crippen molar-refractivity contribution in [2.75, 3.05) is 6.54 Å². The first kappa shape index (κ1) is 13.4. The summed E-state index contributed by atoms with van der Waals surface area (Å²) in [5.41, 5.74) is 2.59. The largest absolute Gasteiger partial charge is 0.314 e. The molecule has 2 aromatic heterocycles. The molecule has 4 rings (SSSR count). The fraction of sp³-hybridized carbons (Fsp3) is 0.294. The summed E-state index contributed by atoms with van der Waals surface area (Å²) in [4.78, 5) is 9.20. The van der Waals surface area contributed by atoms with Gasteiger partial charge in [0, 0.05) is 24.3 Å². The maximum Gasteiger partial charge on any atom is 0.164 e. The number of halogens is 1. The van der Waals surface area contributed by atoms with Crippen LogP contribution in [0.3, 0.4) is 0 Å². The highest BCUT2D eigenvalue weighted by Crippen LogP contribution is 2.22. The molecule has 1 saturated heterocycles. The van der Waals surface area contributed by atoms with Crippen LogP contribution in [-0.4, -0.2) is 27.1 Å². The predicted octanol–water partition coefficient (Wildman–Crippen LogP) is 2.85. The maximum absolute atomic E-state index is 13.2. The van der Waals surface area contributed by atoms with Crippen LogP contribution in [0, 0.1) is 5.82 Å². The third-order valence-electron chi connectivity index (χ3n) is 4.16. The van der Waals surface area contributed by atoms with E-state index in [-0.39, 0.29) is 5.82 Å². The van der Waals surface area contributed by atoms with E-state index < -0.39 is 0 Å². The van der Waals surface area contributed by atoms with Crippen LogP contribution in [0.15, 0.2) is 42.6 Å². The highest BCUT2D eigenvalue weighted by atomic mass is 19.1. The molecule has 1 atom stereocenters. The van der Waals surface area contributed by atoms with E-state index >= 15 is 0 Å². The second-order valence-electron chi connectivity index (χ2n) is 5.68. The van der Waals surface area contributed by atoms with Crippen LogP contribution in [0.2, 0.25) is 0 Å². The minimum atomic E-state index is -0.236. The van der Waals surface area contributed by atoms with E-state index in [0.29, 0.717) is 6.04 Å². The van der Waals surface area contributed by atoms with Crippen molar-refractivity contribution in [3.63, 3.8) is 0 Å². The summed E-state index contributed by atoms with van der Waals surface area (Å²) in [6.07, 6.45) is 5.00. The Morgan fingerprint density at radius 3 is 2.86 bits per heavy atom. The molecule has 1 aromatic carbocycles. The third-order valence-corrected chi connectivity index (χ3v) is 4.16. The molecule has 0 saturated carbocycles. The zero-order valence-electron chi connectivity index (χ0n) is 12.2. The van der Waals surface area contributed by atoms with E-state index in [4.69, 9.17) is 4.98 Å². The number of benzene rings is 1. The maximum atomic E-state index is 13.2. The lowest BCUT2D eigenvalue weighted by Gasteiger charge is -2.12. The second-order valence-corrected chi connectivity index (χ2v) is 5.68. The van der Waals surface area contributed by atoms with Crippen molar-refractivity contribution in [3.05, 3.63) is 54.2 Å². The van der Waals surface area contributed by atoms with Crippen LogP contribution in [0.4, 0.5) is 4.39 Å². The summed E-state index contributed by atoms with van der Waals surface area (Å²) in [6, 6.07) is 10.8. The zero-order valence-corrected chi connectivity index (χ0v) is 12.2. The van der Waals surface area contributed by atoms with Crippen molar-refractivity contribution < 1.29 is 4.39 Å². The second kappa shape index (κ2) is 5.50. The van der Waals surface area contributed by atoms with Crippen molar-refractivity contribution in [2.24, 2.45) is 0 Å². The first-order valence-electron chi connectivity index (χ1n) is 7.63. The molecular formula is C17H17FN4. The average Bonchev–Trinajstić information content (AvgIpc) is 3.16. The number of nitrogens with one attached hydrogen (secondary N) is 1. The SMILES string of the molecule is Fc1ccc(-n2c(CC3CCCN3)nc3cccnc32)cc1. The number of nitrogens with zero attached hydrogens (tertiary/aromatic N) is 3. The Morgan fingerprint density at radius 2 is 2.09 bits per heavy atom. The van der Waals surface area contributed by atoms with Gasteiger partial charge in [-0.05, 0) is 55.8 Å². The van der Waals surface area contributed by atoms with E-state index in [2.05, 4.69) is 10.3 Å². The van der Waals surface area contributed by atoms with Gasteiger partial charge in [0.2, 0.25) is 0 Å². The molecule has 1 aliphatic heterocycles. The number of rotatable bonds is 3. The summed E-state index contributed by atoms with van der Waals surface area (Å²) < 4.78 is 15.3. The van der Waals surface area contributed by atoms with Crippen LogP contribution in [0.25, 0.3) is 16.9 Å². The Kier molecular flexibility index (Phi) is 3.35. The minimum Gasteiger partial charge on any atom is -0.314 e. The van der Waals surface area contributed by atoms with Gasteiger partial charge < -0.3 is 5.32 Å². The van der Waals surface area contributed by atoms with Crippen molar-refractivity contribution in [1.29, 1.82) is 0 Å². The van der Waals surface area contributed by atoms with Crippen LogP contribution in [0.5, 0.6) is 0 Å². The quantitative estimate of drug-likeness (QED) is 0.808. The summed E-state index contributed by atoms with van der Waals surface area (Å²) in [7, 11) is 0. The van der Waals surface area contributed by atoms with Crippen LogP contribution < -0.4 is 5.32 Å². The first-order valence-corrected chi connectivity index (χ1v) is 7.63. The molecule has 1 aliphatic rings. The van der Waals surface area contributed by atoms with Gasteiger partial charge in [-0.15, -0.1) is 0 Å². The van der Waals surface area contributed by atoms with Gasteiger partial charge in [-0.25, -0.2) is 14.4 Å². The summed E-state index contributed by atoms with van der Waals surface area (Å²) in [5, 5.41) is 3.50. The Hall–Kier alpha value is -2.27. The predicted molar refractivity (Wildman–Crippen MR) is 83.6 cm³/mol. The average molecular weight is 296 g/mol. The molecule has 3 aromatic rings. The highest BCUT2D eigenvalue weighted by molar-refractivity contribution is 5.73. The number of fused-ring (bicyclic) bond motifs is 1. The van der Waals surface area contributed by atoms with Gasteiger partial charge in [-0.1, -0.05) is 0 Å². The van der Waals surface area contributed by atoms with Crippen LogP contribution in [-0.2, 0) is 6.42 Å². The van der Waals surface area contributed by atoms with E-state index in [1.54, 1.807) is 18.3 Å². The number of imidazole rings is 1. The number of hydrogen-bond acceptors (Lipinski definition) is 3. The molecule has 5 heteroatoms. The first-order chi connectivity index (χ1) is 10.8. The molecule has 0 aliphatic carbocycles. The van der Waals surface area contributed by atoms with Crippen molar-refractivity contribution in [1.82, 2.24) is 19.9 Å². The van der Waals surface area contributed by atoms with Crippen molar-refractivity contribution in [2.45, 2.75) is 25.3 Å². The van der Waals surface area contributed by atoms with Gasteiger partial charge in [0.1, 0.15) is 17.2 Å². The molecule has 3 heterocycles. The lowest BCUT2D eigenvalue weighted by atomic mass is 10.1. The standard InChI is InChI=1S/C17H17FN4/c18-12-5-7-14(8-6-12)22-16(11-13-3-1-9-19-13)21-15-4-2-10-20-17(15)22/h2,4-8,10,13,19H,1,3,9,11H2. The molecule has 0 bridgehead atoms. The van der Waals surface area contributed by atoms with Gasteiger partial charge in [0.25, 0.3) is 0 Å². The van der Waals surface area contributed by atoms with E-state index in [1.807, 2.05) is 16.7 Å². The van der Waals surface area contributed by atoms with Gasteiger partial charge in [-0.2, -0.15) is 0 Å². The summed E-state index contributed by atoms with van der Waals surface area (Å²) >= 11 is 0. The fourth-order valence-corrected chi connectivity index (χ4v) is 3.11. The Balaban J connectivity index is 1.83. The third kappa shape index (κ3) is 2.37. The molecule has 4 nitrogen and oxygen atoms in total. The molecule has 0 spiro atoms. The number of aromatic nitrogens is 3. The smallest absolute Gasteiger partial charge is 0.164 e. The normalized spacial score (nSPS) is 18.1. The molecule has 0 radical (unpaired) electrons. The van der Waals surface area contributed by atoms with Crippen LogP contribution >= 0.6 is 0 Å². The van der Waals surface area contributed by atoms with Gasteiger partial charge in [-0.3, -0.25) is 4.57 Å². The zero-order chi connectivity index (χ0) is 14.9. The minimum absolute atomic E-state index is 0.236.